The molecule has 0 bridgehead atoms. The number of likely N-dealkylation sites (tertiary alicyclic amines) is 1. The molecule has 1 heterocycles. The average Bonchev–Trinajstić information content (AvgIpc) is 2.45. The zero-order chi connectivity index (χ0) is 12.5. The van der Waals surface area contributed by atoms with Crippen molar-refractivity contribution in [3.63, 3.8) is 0 Å². The first-order valence-electron chi connectivity index (χ1n) is 8.32. The maximum absolute atomic E-state index is 2.63. The molecule has 0 amide bonds. The fraction of sp³-hybridized carbons (Fsp3) is 0.882. The van der Waals surface area contributed by atoms with E-state index in [0.29, 0.717) is 0 Å². The van der Waals surface area contributed by atoms with Gasteiger partial charge in [-0.2, -0.15) is 0 Å². The first-order chi connectivity index (χ1) is 8.95. The predicted octanol–water partition coefficient (Wildman–Crippen LogP) is 4.78. The zero-order valence-electron chi connectivity index (χ0n) is 12.1. The second-order valence-electron chi connectivity index (χ2n) is 6.24. The van der Waals surface area contributed by atoms with Gasteiger partial charge in [-0.25, -0.2) is 0 Å². The van der Waals surface area contributed by atoms with Crippen LogP contribution in [0.3, 0.4) is 0 Å². The summed E-state index contributed by atoms with van der Waals surface area (Å²) in [7, 11) is 0. The summed E-state index contributed by atoms with van der Waals surface area (Å²) < 4.78 is 0. The van der Waals surface area contributed by atoms with E-state index in [0.717, 1.165) is 5.92 Å². The van der Waals surface area contributed by atoms with Gasteiger partial charge in [-0.1, -0.05) is 50.7 Å². The number of hydrogen-bond acceptors (Lipinski definition) is 1. The van der Waals surface area contributed by atoms with Gasteiger partial charge in [0.1, 0.15) is 0 Å². The van der Waals surface area contributed by atoms with Crippen LogP contribution in [0.1, 0.15) is 70.6 Å². The summed E-state index contributed by atoms with van der Waals surface area (Å²) >= 11 is 0. The number of rotatable bonds is 6. The molecule has 1 nitrogen and oxygen atoms in total. The van der Waals surface area contributed by atoms with Crippen molar-refractivity contribution in [2.75, 3.05) is 19.6 Å². The van der Waals surface area contributed by atoms with Gasteiger partial charge in [0, 0.05) is 6.54 Å². The highest BCUT2D eigenvalue weighted by molar-refractivity contribution is 4.84. The Morgan fingerprint density at radius 1 is 0.778 bits per heavy atom. The standard InChI is InChI=1S/C17H31N/c1(5-11-17-12-6-3-7-13-17)2-8-14-18-15-9-4-10-16-18/h1-2,17H,3-16H2/b2-1+. The van der Waals surface area contributed by atoms with Crippen LogP contribution in [-0.4, -0.2) is 24.5 Å². The molecule has 1 aliphatic carbocycles. The molecule has 0 radical (unpaired) electrons. The average molecular weight is 249 g/mol. The molecule has 0 atom stereocenters. The summed E-state index contributed by atoms with van der Waals surface area (Å²) in [5, 5.41) is 0. The highest BCUT2D eigenvalue weighted by Gasteiger charge is 2.11. The van der Waals surface area contributed by atoms with E-state index in [4.69, 9.17) is 0 Å². The summed E-state index contributed by atoms with van der Waals surface area (Å²) in [4.78, 5) is 2.63. The second kappa shape index (κ2) is 8.74. The van der Waals surface area contributed by atoms with Gasteiger partial charge >= 0.3 is 0 Å². The molecule has 2 rings (SSSR count). The SMILES string of the molecule is C(=C\CCN1CCCCC1)/CCC1CCCCC1. The van der Waals surface area contributed by atoms with E-state index in [1.165, 1.54) is 90.3 Å². The van der Waals surface area contributed by atoms with Crippen LogP contribution >= 0.6 is 0 Å². The van der Waals surface area contributed by atoms with E-state index >= 15 is 0 Å². The molecule has 0 aromatic heterocycles. The van der Waals surface area contributed by atoms with Gasteiger partial charge in [0.15, 0.2) is 0 Å². The molecule has 2 fully saturated rings. The molecule has 104 valence electrons. The monoisotopic (exact) mass is 249 g/mol. The van der Waals surface area contributed by atoms with Crippen molar-refractivity contribution in [1.82, 2.24) is 4.90 Å². The first-order valence-corrected chi connectivity index (χ1v) is 8.32. The lowest BCUT2D eigenvalue weighted by atomic mass is 9.86. The third-order valence-electron chi connectivity index (χ3n) is 4.69. The second-order valence-corrected chi connectivity index (χ2v) is 6.24. The van der Waals surface area contributed by atoms with Crippen LogP contribution in [-0.2, 0) is 0 Å². The Balaban J connectivity index is 1.46. The molecule has 0 spiro atoms. The lowest BCUT2D eigenvalue weighted by Crippen LogP contribution is -2.30. The molecule has 1 aliphatic heterocycles. The van der Waals surface area contributed by atoms with Gasteiger partial charge in [-0.3, -0.25) is 0 Å². The van der Waals surface area contributed by atoms with Crippen molar-refractivity contribution in [2.45, 2.75) is 70.6 Å². The molecule has 1 saturated carbocycles. The zero-order valence-corrected chi connectivity index (χ0v) is 12.1. The molecule has 0 N–H and O–H groups in total. The number of allylic oxidation sites excluding steroid dienone is 1. The molecule has 1 heteroatoms. The normalized spacial score (nSPS) is 23.8. The van der Waals surface area contributed by atoms with E-state index < -0.39 is 0 Å². The largest absolute Gasteiger partial charge is 0.303 e. The Morgan fingerprint density at radius 2 is 1.44 bits per heavy atom. The quantitative estimate of drug-likeness (QED) is 0.612. The number of hydrogen-bond donors (Lipinski definition) is 0. The smallest absolute Gasteiger partial charge is 0.00159 e. The highest BCUT2D eigenvalue weighted by Crippen LogP contribution is 2.27. The third-order valence-corrected chi connectivity index (χ3v) is 4.69. The van der Waals surface area contributed by atoms with Crippen molar-refractivity contribution in [3.05, 3.63) is 12.2 Å². The van der Waals surface area contributed by atoms with Crippen LogP contribution in [0.4, 0.5) is 0 Å². The number of nitrogens with zero attached hydrogens (tertiary/aromatic N) is 1. The van der Waals surface area contributed by atoms with E-state index in [2.05, 4.69) is 17.1 Å². The molecule has 18 heavy (non-hydrogen) atoms. The Kier molecular flexibility index (Phi) is 6.86. The summed E-state index contributed by atoms with van der Waals surface area (Å²) in [5.41, 5.74) is 0. The van der Waals surface area contributed by atoms with Crippen molar-refractivity contribution in [1.29, 1.82) is 0 Å². The minimum Gasteiger partial charge on any atom is -0.303 e. The van der Waals surface area contributed by atoms with Gasteiger partial charge in [0.05, 0.1) is 0 Å². The van der Waals surface area contributed by atoms with Crippen molar-refractivity contribution in [3.8, 4) is 0 Å². The molecule has 0 aromatic carbocycles. The van der Waals surface area contributed by atoms with Crippen LogP contribution < -0.4 is 0 Å². The van der Waals surface area contributed by atoms with Crippen LogP contribution in [0.2, 0.25) is 0 Å². The molecule has 0 unspecified atom stereocenters. The van der Waals surface area contributed by atoms with Crippen molar-refractivity contribution < 1.29 is 0 Å². The van der Waals surface area contributed by atoms with Crippen LogP contribution in [0.25, 0.3) is 0 Å². The minimum atomic E-state index is 1.05. The van der Waals surface area contributed by atoms with Gasteiger partial charge in [-0.05, 0) is 51.1 Å². The van der Waals surface area contributed by atoms with E-state index in [9.17, 15) is 0 Å². The number of piperidine rings is 1. The Bertz CT molecular complexity index is 198. The molecule has 1 saturated heterocycles. The Morgan fingerprint density at radius 3 is 2.22 bits per heavy atom. The van der Waals surface area contributed by atoms with Crippen molar-refractivity contribution in [2.24, 2.45) is 5.92 Å². The first kappa shape index (κ1) is 14.1. The Labute approximate surface area is 114 Å². The van der Waals surface area contributed by atoms with Crippen LogP contribution in [0.5, 0.6) is 0 Å². The van der Waals surface area contributed by atoms with E-state index in [1.807, 2.05) is 0 Å². The van der Waals surface area contributed by atoms with Gasteiger partial charge in [0.2, 0.25) is 0 Å². The van der Waals surface area contributed by atoms with Gasteiger partial charge < -0.3 is 4.90 Å². The van der Waals surface area contributed by atoms with Crippen molar-refractivity contribution >= 4 is 0 Å². The van der Waals surface area contributed by atoms with E-state index in [-0.39, 0.29) is 0 Å². The maximum Gasteiger partial charge on any atom is 0.00159 e. The highest BCUT2D eigenvalue weighted by atomic mass is 15.1. The molecular weight excluding hydrogens is 218 g/mol. The molecule has 2 aliphatic rings. The summed E-state index contributed by atoms with van der Waals surface area (Å²) in [6.45, 7) is 3.98. The van der Waals surface area contributed by atoms with Crippen LogP contribution in [0, 0.1) is 5.92 Å². The van der Waals surface area contributed by atoms with E-state index in [1.54, 1.807) is 0 Å². The fourth-order valence-corrected chi connectivity index (χ4v) is 3.48. The maximum atomic E-state index is 2.63. The summed E-state index contributed by atoms with van der Waals surface area (Å²) in [6, 6.07) is 0. The van der Waals surface area contributed by atoms with Gasteiger partial charge in [0.25, 0.3) is 0 Å². The third kappa shape index (κ3) is 5.56. The lowest BCUT2D eigenvalue weighted by molar-refractivity contribution is 0.233. The minimum absolute atomic E-state index is 1.05. The summed E-state index contributed by atoms with van der Waals surface area (Å²) in [5.74, 6) is 1.05. The fourth-order valence-electron chi connectivity index (χ4n) is 3.48. The Hall–Kier alpha value is -0.300. The lowest BCUT2D eigenvalue weighted by Gasteiger charge is -2.25. The summed E-state index contributed by atoms with van der Waals surface area (Å²) in [6.07, 6.45) is 20.7. The molecule has 0 aromatic rings. The van der Waals surface area contributed by atoms with Crippen LogP contribution in [0.15, 0.2) is 12.2 Å². The molecular formula is C17H31N. The van der Waals surface area contributed by atoms with Gasteiger partial charge in [-0.15, -0.1) is 0 Å². The predicted molar refractivity (Wildman–Crippen MR) is 79.9 cm³/mol. The topological polar surface area (TPSA) is 3.24 Å².